The molecule has 15 heavy (non-hydrogen) atoms. The van der Waals surface area contributed by atoms with Crippen LogP contribution >= 0.6 is 0 Å². The van der Waals surface area contributed by atoms with Crippen LogP contribution in [-0.4, -0.2) is 25.8 Å². The van der Waals surface area contributed by atoms with Gasteiger partial charge in [0.2, 0.25) is 0 Å². The highest BCUT2D eigenvalue weighted by Crippen LogP contribution is 2.06. The summed E-state index contributed by atoms with van der Waals surface area (Å²) in [5.74, 6) is 0. The lowest BCUT2D eigenvalue weighted by atomic mass is 10.1. The van der Waals surface area contributed by atoms with E-state index in [0.717, 1.165) is 13.0 Å². The van der Waals surface area contributed by atoms with Gasteiger partial charge in [0.15, 0.2) is 0 Å². The fourth-order valence-electron chi connectivity index (χ4n) is 1.86. The molecular weight excluding hydrogens is 186 g/mol. The van der Waals surface area contributed by atoms with Crippen molar-refractivity contribution in [1.29, 1.82) is 0 Å². The summed E-state index contributed by atoms with van der Waals surface area (Å²) in [6.45, 7) is 7.53. The van der Waals surface area contributed by atoms with E-state index in [0.29, 0.717) is 12.1 Å². The van der Waals surface area contributed by atoms with Crippen LogP contribution in [0.15, 0.2) is 0 Å². The Bertz CT molecular complexity index is 124. The SMILES string of the molecule is CCCCCCCOC(C)C(CC)NC. The van der Waals surface area contributed by atoms with Crippen molar-refractivity contribution in [2.24, 2.45) is 0 Å². The molecule has 0 saturated heterocycles. The van der Waals surface area contributed by atoms with Crippen LogP contribution in [0.25, 0.3) is 0 Å². The highest BCUT2D eigenvalue weighted by molar-refractivity contribution is 4.69. The Hall–Kier alpha value is -0.0800. The highest BCUT2D eigenvalue weighted by Gasteiger charge is 2.12. The molecule has 2 atom stereocenters. The number of unbranched alkanes of at least 4 members (excludes halogenated alkanes) is 4. The third kappa shape index (κ3) is 7.80. The highest BCUT2D eigenvalue weighted by atomic mass is 16.5. The van der Waals surface area contributed by atoms with E-state index < -0.39 is 0 Å². The number of ether oxygens (including phenoxy) is 1. The lowest BCUT2D eigenvalue weighted by Gasteiger charge is -2.22. The zero-order chi connectivity index (χ0) is 11.5. The molecule has 0 bridgehead atoms. The van der Waals surface area contributed by atoms with Gasteiger partial charge in [0.05, 0.1) is 6.10 Å². The van der Waals surface area contributed by atoms with Crippen LogP contribution in [0, 0.1) is 0 Å². The van der Waals surface area contributed by atoms with Crippen molar-refractivity contribution in [1.82, 2.24) is 5.32 Å². The second-order valence-electron chi connectivity index (χ2n) is 4.29. The minimum atomic E-state index is 0.339. The van der Waals surface area contributed by atoms with E-state index in [1.807, 2.05) is 7.05 Å². The molecule has 0 radical (unpaired) electrons. The molecule has 0 aromatic heterocycles. The molecule has 0 rings (SSSR count). The van der Waals surface area contributed by atoms with Gasteiger partial charge in [0.25, 0.3) is 0 Å². The van der Waals surface area contributed by atoms with Crippen molar-refractivity contribution in [3.05, 3.63) is 0 Å². The Kier molecular flexibility index (Phi) is 10.4. The van der Waals surface area contributed by atoms with Crippen molar-refractivity contribution in [3.8, 4) is 0 Å². The molecule has 2 unspecified atom stereocenters. The Morgan fingerprint density at radius 2 is 1.73 bits per heavy atom. The minimum Gasteiger partial charge on any atom is -0.377 e. The monoisotopic (exact) mass is 215 g/mol. The minimum absolute atomic E-state index is 0.339. The molecule has 0 aliphatic heterocycles. The van der Waals surface area contributed by atoms with Crippen LogP contribution in [0.1, 0.15) is 59.3 Å². The lowest BCUT2D eigenvalue weighted by molar-refractivity contribution is 0.0374. The van der Waals surface area contributed by atoms with Crippen molar-refractivity contribution in [2.75, 3.05) is 13.7 Å². The maximum absolute atomic E-state index is 5.80. The van der Waals surface area contributed by atoms with Crippen molar-refractivity contribution in [2.45, 2.75) is 71.4 Å². The van der Waals surface area contributed by atoms with Crippen LogP contribution in [0.4, 0.5) is 0 Å². The first kappa shape index (κ1) is 14.9. The molecule has 0 aromatic rings. The number of likely N-dealkylation sites (N-methyl/N-ethyl adjacent to an activating group) is 1. The van der Waals surface area contributed by atoms with Crippen molar-refractivity contribution >= 4 is 0 Å². The lowest BCUT2D eigenvalue weighted by Crippen LogP contribution is -2.37. The molecule has 2 nitrogen and oxygen atoms in total. The first-order chi connectivity index (χ1) is 7.26. The van der Waals surface area contributed by atoms with Gasteiger partial charge >= 0.3 is 0 Å². The van der Waals surface area contributed by atoms with Gasteiger partial charge in [-0.2, -0.15) is 0 Å². The number of hydrogen-bond acceptors (Lipinski definition) is 2. The predicted octanol–water partition coefficient (Wildman–Crippen LogP) is 3.36. The van der Waals surface area contributed by atoms with Crippen LogP contribution in [0.2, 0.25) is 0 Å². The molecule has 0 saturated carbocycles. The molecule has 92 valence electrons. The van der Waals surface area contributed by atoms with Crippen molar-refractivity contribution in [3.63, 3.8) is 0 Å². The number of rotatable bonds is 10. The summed E-state index contributed by atoms with van der Waals surface area (Å²) in [5, 5.41) is 3.29. The van der Waals surface area contributed by atoms with Crippen LogP contribution in [-0.2, 0) is 4.74 Å². The third-order valence-electron chi connectivity index (χ3n) is 3.01. The summed E-state index contributed by atoms with van der Waals surface area (Å²) in [6, 6.07) is 0.501. The quantitative estimate of drug-likeness (QED) is 0.564. The third-order valence-corrected chi connectivity index (χ3v) is 3.01. The number of nitrogens with one attached hydrogen (secondary N) is 1. The van der Waals surface area contributed by atoms with Gasteiger partial charge in [-0.15, -0.1) is 0 Å². The number of hydrogen-bond donors (Lipinski definition) is 1. The van der Waals surface area contributed by atoms with Gasteiger partial charge in [-0.3, -0.25) is 0 Å². The molecule has 0 aliphatic rings. The van der Waals surface area contributed by atoms with Crippen LogP contribution < -0.4 is 5.32 Å². The smallest absolute Gasteiger partial charge is 0.0699 e. The Balaban J connectivity index is 3.33. The van der Waals surface area contributed by atoms with Gasteiger partial charge in [0.1, 0.15) is 0 Å². The molecule has 0 aromatic carbocycles. The topological polar surface area (TPSA) is 21.3 Å². The van der Waals surface area contributed by atoms with Gasteiger partial charge in [0, 0.05) is 12.6 Å². The zero-order valence-electron chi connectivity index (χ0n) is 11.0. The van der Waals surface area contributed by atoms with E-state index in [1.54, 1.807) is 0 Å². The fraction of sp³-hybridized carbons (Fsp3) is 1.00. The summed E-state index contributed by atoms with van der Waals surface area (Å²) in [7, 11) is 2.01. The van der Waals surface area contributed by atoms with Gasteiger partial charge < -0.3 is 10.1 Å². The molecule has 1 N–H and O–H groups in total. The maximum atomic E-state index is 5.80. The molecule has 0 fully saturated rings. The molecule has 0 amide bonds. The van der Waals surface area contributed by atoms with Gasteiger partial charge in [-0.05, 0) is 26.8 Å². The molecule has 0 heterocycles. The van der Waals surface area contributed by atoms with E-state index in [2.05, 4.69) is 26.1 Å². The Morgan fingerprint density at radius 1 is 1.07 bits per heavy atom. The van der Waals surface area contributed by atoms with Crippen LogP contribution in [0.5, 0.6) is 0 Å². The normalized spacial score (nSPS) is 15.2. The van der Waals surface area contributed by atoms with Crippen molar-refractivity contribution < 1.29 is 4.74 Å². The van der Waals surface area contributed by atoms with Crippen LogP contribution in [0.3, 0.4) is 0 Å². The standard InChI is InChI=1S/C13H29NO/c1-5-7-8-9-10-11-15-12(3)13(6-2)14-4/h12-14H,5-11H2,1-4H3. The van der Waals surface area contributed by atoms with E-state index >= 15 is 0 Å². The second kappa shape index (κ2) is 10.4. The summed E-state index contributed by atoms with van der Waals surface area (Å²) in [6.07, 6.45) is 8.04. The predicted molar refractivity (Wildman–Crippen MR) is 67.3 cm³/mol. The Labute approximate surface area is 95.8 Å². The maximum Gasteiger partial charge on any atom is 0.0699 e. The summed E-state index contributed by atoms with van der Waals surface area (Å²) < 4.78 is 5.80. The molecule has 0 spiro atoms. The largest absolute Gasteiger partial charge is 0.377 e. The molecule has 2 heteroatoms. The van der Waals surface area contributed by atoms with E-state index in [4.69, 9.17) is 4.74 Å². The first-order valence-corrected chi connectivity index (χ1v) is 6.55. The molecule has 0 aliphatic carbocycles. The average Bonchev–Trinajstić information content (AvgIpc) is 2.25. The summed E-state index contributed by atoms with van der Waals surface area (Å²) in [5.41, 5.74) is 0. The summed E-state index contributed by atoms with van der Waals surface area (Å²) >= 11 is 0. The first-order valence-electron chi connectivity index (χ1n) is 6.55. The second-order valence-corrected chi connectivity index (χ2v) is 4.29. The van der Waals surface area contributed by atoms with E-state index in [-0.39, 0.29) is 0 Å². The molecular formula is C13H29NO. The van der Waals surface area contributed by atoms with Gasteiger partial charge in [-0.1, -0.05) is 39.5 Å². The Morgan fingerprint density at radius 3 is 2.27 bits per heavy atom. The zero-order valence-corrected chi connectivity index (χ0v) is 11.0. The van der Waals surface area contributed by atoms with E-state index in [1.165, 1.54) is 32.1 Å². The van der Waals surface area contributed by atoms with E-state index in [9.17, 15) is 0 Å². The van der Waals surface area contributed by atoms with Gasteiger partial charge in [-0.25, -0.2) is 0 Å². The summed E-state index contributed by atoms with van der Waals surface area (Å²) in [4.78, 5) is 0. The average molecular weight is 215 g/mol. The fourth-order valence-corrected chi connectivity index (χ4v) is 1.86.